The summed E-state index contributed by atoms with van der Waals surface area (Å²) in [4.78, 5) is 8.98. The Bertz CT molecular complexity index is 702. The fourth-order valence-corrected chi connectivity index (χ4v) is 2.60. The van der Waals surface area contributed by atoms with Gasteiger partial charge in [-0.1, -0.05) is 18.2 Å². The van der Waals surface area contributed by atoms with Crippen LogP contribution in [0.2, 0.25) is 0 Å². The van der Waals surface area contributed by atoms with Gasteiger partial charge in [0, 0.05) is 44.2 Å². The van der Waals surface area contributed by atoms with E-state index in [9.17, 15) is 0 Å². The first-order valence-corrected chi connectivity index (χ1v) is 8.68. The molecule has 2 rings (SSSR count). The number of rotatable bonds is 2. The summed E-state index contributed by atoms with van der Waals surface area (Å²) >= 11 is 0. The molecule has 0 spiro atoms. The molecule has 25 heavy (non-hydrogen) atoms. The summed E-state index contributed by atoms with van der Waals surface area (Å²) < 4.78 is 5.95. The van der Waals surface area contributed by atoms with Gasteiger partial charge in [-0.05, 0) is 44.0 Å². The Morgan fingerprint density at radius 3 is 2.80 bits per heavy atom. The standard InChI is InChI=1S/C20H28N4O/c1-5-6-20-23-10-9-22-11-12-25-19-13-17(8-7-15(19)2)18(14-21-4)16(3)24-20/h5-8,13-14,22H,9-12H2,1-4H3,(H,23,24)/b6-5-,18-16-,21-14-. The number of amidine groups is 1. The molecule has 0 saturated heterocycles. The zero-order valence-corrected chi connectivity index (χ0v) is 15.6. The number of allylic oxidation sites excluding steroid dienone is 3. The van der Waals surface area contributed by atoms with Crippen LogP contribution in [0.3, 0.4) is 0 Å². The third-order valence-electron chi connectivity index (χ3n) is 3.90. The van der Waals surface area contributed by atoms with Crippen molar-refractivity contribution in [2.45, 2.75) is 20.8 Å². The number of fused-ring (bicyclic) bond motifs is 2. The van der Waals surface area contributed by atoms with Gasteiger partial charge in [-0.2, -0.15) is 0 Å². The lowest BCUT2D eigenvalue weighted by molar-refractivity contribution is 0.312. The topological polar surface area (TPSA) is 58.0 Å². The van der Waals surface area contributed by atoms with Gasteiger partial charge in [0.25, 0.3) is 0 Å². The average molecular weight is 340 g/mol. The SMILES string of the molecule is C\C=C/C1=N\C(C)=C(\C=N/C)c2ccc(C)c(c2)OCCNCCN1. The Hall–Kier alpha value is -2.40. The molecule has 0 amide bonds. The molecule has 0 radical (unpaired) electrons. The first kappa shape index (κ1) is 18.9. The Kier molecular flexibility index (Phi) is 7.41. The number of benzene rings is 1. The molecule has 0 fully saturated rings. The van der Waals surface area contributed by atoms with Crippen molar-refractivity contribution in [3.8, 4) is 5.75 Å². The maximum absolute atomic E-state index is 5.95. The van der Waals surface area contributed by atoms with Crippen LogP contribution in [0.15, 0.2) is 46.0 Å². The number of aryl methyl sites for hydroxylation is 1. The van der Waals surface area contributed by atoms with Crippen molar-refractivity contribution in [2.24, 2.45) is 9.98 Å². The monoisotopic (exact) mass is 340 g/mol. The Morgan fingerprint density at radius 2 is 2.04 bits per heavy atom. The van der Waals surface area contributed by atoms with Gasteiger partial charge < -0.3 is 15.4 Å². The molecule has 0 aliphatic carbocycles. The number of ether oxygens (including phenoxy) is 1. The van der Waals surface area contributed by atoms with E-state index in [1.807, 2.05) is 32.2 Å². The third kappa shape index (κ3) is 5.57. The Balaban J connectivity index is 2.54. The predicted molar refractivity (Wildman–Crippen MR) is 107 cm³/mol. The maximum Gasteiger partial charge on any atom is 0.125 e. The first-order valence-electron chi connectivity index (χ1n) is 8.68. The molecule has 1 aliphatic rings. The molecular weight excluding hydrogens is 312 g/mol. The summed E-state index contributed by atoms with van der Waals surface area (Å²) in [5, 5.41) is 6.73. The minimum absolute atomic E-state index is 0.639. The molecule has 2 N–H and O–H groups in total. The summed E-state index contributed by atoms with van der Waals surface area (Å²) in [6, 6.07) is 6.24. The molecule has 1 heterocycles. The van der Waals surface area contributed by atoms with Gasteiger partial charge in [0.1, 0.15) is 18.2 Å². The quantitative estimate of drug-likeness (QED) is 0.814. The van der Waals surface area contributed by atoms with E-state index in [1.165, 1.54) is 0 Å². The molecule has 1 aromatic rings. The van der Waals surface area contributed by atoms with E-state index in [2.05, 4.69) is 40.7 Å². The number of nitrogens with zero attached hydrogens (tertiary/aromatic N) is 2. The number of nitrogens with one attached hydrogen (secondary N) is 2. The zero-order chi connectivity index (χ0) is 18.1. The van der Waals surface area contributed by atoms with Crippen molar-refractivity contribution in [3.63, 3.8) is 0 Å². The second-order valence-corrected chi connectivity index (χ2v) is 5.89. The molecule has 0 unspecified atom stereocenters. The van der Waals surface area contributed by atoms with Gasteiger partial charge in [-0.15, -0.1) is 0 Å². The van der Waals surface area contributed by atoms with E-state index in [0.29, 0.717) is 6.61 Å². The van der Waals surface area contributed by atoms with Gasteiger partial charge in [-0.25, -0.2) is 4.99 Å². The molecule has 2 bridgehead atoms. The van der Waals surface area contributed by atoms with Crippen molar-refractivity contribution >= 4 is 17.6 Å². The van der Waals surface area contributed by atoms with E-state index in [-0.39, 0.29) is 0 Å². The molecular formula is C20H28N4O. The highest BCUT2D eigenvalue weighted by molar-refractivity contribution is 6.11. The molecule has 0 saturated carbocycles. The normalized spacial score (nSPS) is 22.2. The van der Waals surface area contributed by atoms with E-state index < -0.39 is 0 Å². The first-order chi connectivity index (χ1) is 12.2. The van der Waals surface area contributed by atoms with E-state index in [1.54, 1.807) is 7.05 Å². The summed E-state index contributed by atoms with van der Waals surface area (Å²) in [7, 11) is 1.78. The summed E-state index contributed by atoms with van der Waals surface area (Å²) in [6.45, 7) is 9.16. The second kappa shape index (κ2) is 9.79. The summed E-state index contributed by atoms with van der Waals surface area (Å²) in [5.74, 6) is 1.76. The van der Waals surface area contributed by atoms with Gasteiger partial charge in [-0.3, -0.25) is 4.99 Å². The van der Waals surface area contributed by atoms with Crippen LogP contribution in [-0.2, 0) is 0 Å². The fourth-order valence-electron chi connectivity index (χ4n) is 2.60. The molecule has 0 aromatic heterocycles. The van der Waals surface area contributed by atoms with Gasteiger partial charge >= 0.3 is 0 Å². The molecule has 5 heteroatoms. The van der Waals surface area contributed by atoms with Crippen LogP contribution in [0.5, 0.6) is 5.75 Å². The molecule has 5 nitrogen and oxygen atoms in total. The number of hydrogen-bond donors (Lipinski definition) is 2. The predicted octanol–water partition coefficient (Wildman–Crippen LogP) is 2.97. The largest absolute Gasteiger partial charge is 0.492 e. The summed E-state index contributed by atoms with van der Waals surface area (Å²) in [6.07, 6.45) is 5.83. The zero-order valence-electron chi connectivity index (χ0n) is 15.6. The van der Waals surface area contributed by atoms with Crippen molar-refractivity contribution in [2.75, 3.05) is 33.3 Å². The Labute approximate surface area is 150 Å². The molecule has 1 aliphatic heterocycles. The van der Waals surface area contributed by atoms with Crippen LogP contribution in [0.25, 0.3) is 5.57 Å². The van der Waals surface area contributed by atoms with Crippen molar-refractivity contribution < 1.29 is 4.74 Å². The van der Waals surface area contributed by atoms with Crippen molar-refractivity contribution in [1.29, 1.82) is 0 Å². The van der Waals surface area contributed by atoms with Gasteiger partial charge in [0.15, 0.2) is 0 Å². The van der Waals surface area contributed by atoms with E-state index >= 15 is 0 Å². The van der Waals surface area contributed by atoms with Gasteiger partial charge in [0.05, 0.1) is 0 Å². The maximum atomic E-state index is 5.95. The fraction of sp³-hybridized carbons (Fsp3) is 0.400. The van der Waals surface area contributed by atoms with Crippen molar-refractivity contribution in [3.05, 3.63) is 47.2 Å². The lowest BCUT2D eigenvalue weighted by Crippen LogP contribution is -2.33. The highest BCUT2D eigenvalue weighted by Crippen LogP contribution is 2.26. The van der Waals surface area contributed by atoms with Gasteiger partial charge in [0.2, 0.25) is 0 Å². The average Bonchev–Trinajstić information content (AvgIpc) is 2.59. The second-order valence-electron chi connectivity index (χ2n) is 5.89. The van der Waals surface area contributed by atoms with Crippen LogP contribution in [0.1, 0.15) is 25.0 Å². The smallest absolute Gasteiger partial charge is 0.125 e. The third-order valence-corrected chi connectivity index (χ3v) is 3.90. The molecule has 134 valence electrons. The van der Waals surface area contributed by atoms with Crippen molar-refractivity contribution in [1.82, 2.24) is 10.6 Å². The van der Waals surface area contributed by atoms with E-state index in [0.717, 1.165) is 53.6 Å². The van der Waals surface area contributed by atoms with Crippen LogP contribution in [0.4, 0.5) is 0 Å². The Morgan fingerprint density at radius 1 is 1.20 bits per heavy atom. The lowest BCUT2D eigenvalue weighted by atomic mass is 10.0. The van der Waals surface area contributed by atoms with Crippen LogP contribution < -0.4 is 15.4 Å². The minimum atomic E-state index is 0.639. The highest BCUT2D eigenvalue weighted by Gasteiger charge is 2.09. The number of hydrogen-bond acceptors (Lipinski definition) is 5. The van der Waals surface area contributed by atoms with Crippen LogP contribution in [0, 0.1) is 6.92 Å². The highest BCUT2D eigenvalue weighted by atomic mass is 16.5. The van der Waals surface area contributed by atoms with E-state index in [4.69, 9.17) is 9.73 Å². The molecule has 0 atom stereocenters. The van der Waals surface area contributed by atoms with Crippen LogP contribution in [-0.4, -0.2) is 45.3 Å². The molecule has 1 aromatic carbocycles. The number of aliphatic imine (C=N–C) groups is 2. The summed E-state index contributed by atoms with van der Waals surface area (Å²) in [5.41, 5.74) is 4.08. The minimum Gasteiger partial charge on any atom is -0.492 e. The lowest BCUT2D eigenvalue weighted by Gasteiger charge is -2.15. The van der Waals surface area contributed by atoms with Crippen LogP contribution >= 0.6 is 0 Å².